The Morgan fingerprint density at radius 1 is 1.47 bits per heavy atom. The molecule has 1 amide bonds. The lowest BCUT2D eigenvalue weighted by Gasteiger charge is -2.20. The molecule has 1 atom stereocenters. The zero-order valence-corrected chi connectivity index (χ0v) is 14.0. The molecule has 1 aromatic rings. The van der Waals surface area contributed by atoms with Crippen molar-refractivity contribution in [2.45, 2.75) is 26.8 Å². The van der Waals surface area contributed by atoms with Gasteiger partial charge in [0.25, 0.3) is 5.91 Å². The Kier molecular flexibility index (Phi) is 5.92. The molecule has 0 aliphatic rings. The van der Waals surface area contributed by atoms with Gasteiger partial charge in [0.15, 0.2) is 0 Å². The summed E-state index contributed by atoms with van der Waals surface area (Å²) < 4.78 is 1.96. The average Bonchev–Trinajstić information content (AvgIpc) is 2.28. The third-order valence-corrected chi connectivity index (χ3v) is 4.55. The number of carbonyl (C=O) groups is 1. The summed E-state index contributed by atoms with van der Waals surface area (Å²) in [4.78, 5) is 12.1. The summed E-state index contributed by atoms with van der Waals surface area (Å²) in [7, 11) is 0. The van der Waals surface area contributed by atoms with Crippen LogP contribution in [0.15, 0.2) is 22.7 Å². The van der Waals surface area contributed by atoms with Gasteiger partial charge < -0.3 is 5.32 Å². The Hall–Kier alpha value is -0.100. The summed E-state index contributed by atoms with van der Waals surface area (Å²) in [6, 6.07) is 5.90. The second-order valence-corrected chi connectivity index (χ2v) is 6.18. The second-order valence-electron chi connectivity index (χ2n) is 4.44. The maximum atomic E-state index is 12.1. The zero-order chi connectivity index (χ0) is 13.0. The highest BCUT2D eigenvalue weighted by molar-refractivity contribution is 14.1. The van der Waals surface area contributed by atoms with Crippen LogP contribution >= 0.6 is 38.5 Å². The van der Waals surface area contributed by atoms with E-state index in [4.69, 9.17) is 0 Å². The van der Waals surface area contributed by atoms with Gasteiger partial charge in [-0.25, -0.2) is 0 Å². The van der Waals surface area contributed by atoms with Crippen LogP contribution in [0.5, 0.6) is 0 Å². The van der Waals surface area contributed by atoms with Gasteiger partial charge in [-0.1, -0.05) is 52.4 Å². The van der Waals surface area contributed by atoms with Gasteiger partial charge in [0.2, 0.25) is 0 Å². The highest BCUT2D eigenvalue weighted by Gasteiger charge is 2.16. The Morgan fingerprint density at radius 2 is 2.12 bits per heavy atom. The van der Waals surface area contributed by atoms with Crippen molar-refractivity contribution < 1.29 is 4.79 Å². The minimum atomic E-state index is 0.0102. The Balaban J connectivity index is 2.79. The fraction of sp³-hybridized carbons (Fsp3) is 0.462. The number of rotatable bonds is 4. The molecular weight excluding hydrogens is 393 g/mol. The molecule has 1 aromatic carbocycles. The molecule has 0 saturated heterocycles. The molecule has 1 N–H and O–H groups in total. The van der Waals surface area contributed by atoms with Crippen LogP contribution in [0.2, 0.25) is 0 Å². The molecule has 2 nitrogen and oxygen atoms in total. The topological polar surface area (TPSA) is 29.1 Å². The number of halogens is 2. The molecule has 94 valence electrons. The van der Waals surface area contributed by atoms with Gasteiger partial charge in [-0.05, 0) is 36.6 Å². The lowest BCUT2D eigenvalue weighted by molar-refractivity contribution is 0.0932. The first-order chi connectivity index (χ1) is 7.95. The summed E-state index contributed by atoms with van der Waals surface area (Å²) in [5.41, 5.74) is 1.80. The quantitative estimate of drug-likeness (QED) is 0.592. The van der Waals surface area contributed by atoms with E-state index in [0.717, 1.165) is 20.0 Å². The molecule has 1 unspecified atom stereocenters. The van der Waals surface area contributed by atoms with E-state index in [2.05, 4.69) is 57.7 Å². The van der Waals surface area contributed by atoms with E-state index in [9.17, 15) is 4.79 Å². The fourth-order valence-corrected chi connectivity index (χ4v) is 2.90. The Morgan fingerprint density at radius 3 is 2.59 bits per heavy atom. The summed E-state index contributed by atoms with van der Waals surface area (Å²) in [6.07, 6.45) is 0. The molecule has 0 heterocycles. The smallest absolute Gasteiger partial charge is 0.251 e. The van der Waals surface area contributed by atoms with Gasteiger partial charge in [0, 0.05) is 20.5 Å². The highest BCUT2D eigenvalue weighted by Crippen LogP contribution is 2.17. The van der Waals surface area contributed by atoms with E-state index in [1.807, 2.05) is 25.1 Å². The van der Waals surface area contributed by atoms with Crippen molar-refractivity contribution in [3.8, 4) is 0 Å². The maximum Gasteiger partial charge on any atom is 0.251 e. The number of carbonyl (C=O) groups excluding carboxylic acids is 1. The average molecular weight is 410 g/mol. The second kappa shape index (κ2) is 6.73. The van der Waals surface area contributed by atoms with Crippen molar-refractivity contribution in [2.24, 2.45) is 5.92 Å². The van der Waals surface area contributed by atoms with E-state index < -0.39 is 0 Å². The standard InChI is InChI=1S/C13H17BrINO/c1-8(2)12(7-15)16-13(17)10-4-5-11(14)9(3)6-10/h4-6,8,12H,7H2,1-3H3,(H,16,17). The third kappa shape index (κ3) is 4.25. The first-order valence-electron chi connectivity index (χ1n) is 5.58. The van der Waals surface area contributed by atoms with Crippen molar-refractivity contribution in [2.75, 3.05) is 4.43 Å². The first kappa shape index (κ1) is 15.0. The summed E-state index contributed by atoms with van der Waals surface area (Å²) in [5, 5.41) is 3.07. The molecule has 0 bridgehead atoms. The molecule has 0 aromatic heterocycles. The number of hydrogen-bond acceptors (Lipinski definition) is 1. The van der Waals surface area contributed by atoms with E-state index in [-0.39, 0.29) is 11.9 Å². The number of benzene rings is 1. The molecule has 0 fully saturated rings. The van der Waals surface area contributed by atoms with Crippen molar-refractivity contribution in [3.63, 3.8) is 0 Å². The molecule has 17 heavy (non-hydrogen) atoms. The van der Waals surface area contributed by atoms with Gasteiger partial charge in [-0.3, -0.25) is 4.79 Å². The molecule has 1 rings (SSSR count). The molecule has 0 saturated carbocycles. The van der Waals surface area contributed by atoms with E-state index in [1.54, 1.807) is 0 Å². The van der Waals surface area contributed by atoms with Crippen LogP contribution < -0.4 is 5.32 Å². The number of aryl methyl sites for hydroxylation is 1. The normalized spacial score (nSPS) is 12.6. The monoisotopic (exact) mass is 409 g/mol. The van der Waals surface area contributed by atoms with Crippen molar-refractivity contribution in [3.05, 3.63) is 33.8 Å². The van der Waals surface area contributed by atoms with Gasteiger partial charge >= 0.3 is 0 Å². The first-order valence-corrected chi connectivity index (χ1v) is 7.90. The van der Waals surface area contributed by atoms with Gasteiger partial charge in [-0.2, -0.15) is 0 Å². The van der Waals surface area contributed by atoms with Gasteiger partial charge in [0.05, 0.1) is 0 Å². The maximum absolute atomic E-state index is 12.1. The Labute approximate surface area is 125 Å². The molecule has 0 spiro atoms. The number of hydrogen-bond donors (Lipinski definition) is 1. The number of alkyl halides is 1. The van der Waals surface area contributed by atoms with Gasteiger partial charge in [-0.15, -0.1) is 0 Å². The van der Waals surface area contributed by atoms with E-state index in [1.165, 1.54) is 0 Å². The zero-order valence-electron chi connectivity index (χ0n) is 10.3. The summed E-state index contributed by atoms with van der Waals surface area (Å²) in [5.74, 6) is 0.461. The molecule has 0 aliphatic heterocycles. The van der Waals surface area contributed by atoms with Crippen molar-refractivity contribution >= 4 is 44.4 Å². The number of nitrogens with one attached hydrogen (secondary N) is 1. The predicted octanol–water partition coefficient (Wildman–Crippen LogP) is 3.95. The lowest BCUT2D eigenvalue weighted by Crippen LogP contribution is -2.39. The van der Waals surface area contributed by atoms with E-state index in [0.29, 0.717) is 5.92 Å². The highest BCUT2D eigenvalue weighted by atomic mass is 127. The fourth-order valence-electron chi connectivity index (χ4n) is 1.42. The predicted molar refractivity (Wildman–Crippen MR) is 83.9 cm³/mol. The van der Waals surface area contributed by atoms with Crippen LogP contribution in [-0.2, 0) is 0 Å². The Bertz CT molecular complexity index is 406. The minimum absolute atomic E-state index is 0.0102. The van der Waals surface area contributed by atoms with Crippen LogP contribution in [0, 0.1) is 12.8 Å². The molecular formula is C13H17BrINO. The molecule has 4 heteroatoms. The summed E-state index contributed by atoms with van der Waals surface area (Å²) in [6.45, 7) is 6.23. The third-order valence-electron chi connectivity index (χ3n) is 2.71. The molecule has 0 aliphatic carbocycles. The van der Waals surface area contributed by atoms with Crippen molar-refractivity contribution in [1.82, 2.24) is 5.32 Å². The largest absolute Gasteiger partial charge is 0.348 e. The molecule has 0 radical (unpaired) electrons. The van der Waals surface area contributed by atoms with Crippen LogP contribution in [0.1, 0.15) is 29.8 Å². The number of amides is 1. The summed E-state index contributed by atoms with van der Waals surface area (Å²) >= 11 is 5.74. The van der Waals surface area contributed by atoms with Crippen LogP contribution in [0.3, 0.4) is 0 Å². The van der Waals surface area contributed by atoms with Crippen LogP contribution in [-0.4, -0.2) is 16.4 Å². The van der Waals surface area contributed by atoms with E-state index >= 15 is 0 Å². The van der Waals surface area contributed by atoms with Gasteiger partial charge in [0.1, 0.15) is 0 Å². The van der Waals surface area contributed by atoms with Crippen LogP contribution in [0.25, 0.3) is 0 Å². The van der Waals surface area contributed by atoms with Crippen molar-refractivity contribution in [1.29, 1.82) is 0 Å². The minimum Gasteiger partial charge on any atom is -0.348 e. The lowest BCUT2D eigenvalue weighted by atomic mass is 10.1. The SMILES string of the molecule is Cc1cc(C(=O)NC(CI)C(C)C)ccc1Br. The van der Waals surface area contributed by atoms with Crippen LogP contribution in [0.4, 0.5) is 0 Å².